The highest BCUT2D eigenvalue weighted by atomic mass is 16.2. The standard InChI is InChI=1S/C23H26N4O/c1-14(2)22-24-12-17(13-25-22)21-11-19(23(28)27-9-5-6-16(27)4)18-10-15(3)7-8-20(18)26-21/h7-8,10-14,16H,5-6,9H2,1-4H3. The van der Waals surface area contributed by atoms with Gasteiger partial charge in [-0.2, -0.15) is 0 Å². The molecule has 0 spiro atoms. The zero-order valence-corrected chi connectivity index (χ0v) is 16.9. The number of pyridine rings is 1. The summed E-state index contributed by atoms with van der Waals surface area (Å²) < 4.78 is 0. The number of amides is 1. The van der Waals surface area contributed by atoms with Gasteiger partial charge in [-0.05, 0) is 44.9 Å². The lowest BCUT2D eigenvalue weighted by molar-refractivity contribution is 0.0749. The molecule has 144 valence electrons. The third kappa shape index (κ3) is 3.37. The Morgan fingerprint density at radius 3 is 2.57 bits per heavy atom. The third-order valence-corrected chi connectivity index (χ3v) is 5.49. The van der Waals surface area contributed by atoms with E-state index in [0.29, 0.717) is 5.56 Å². The second-order valence-electron chi connectivity index (χ2n) is 8.05. The second kappa shape index (κ2) is 7.30. The monoisotopic (exact) mass is 374 g/mol. The molecule has 1 saturated heterocycles. The average Bonchev–Trinajstić information content (AvgIpc) is 3.12. The van der Waals surface area contributed by atoms with E-state index in [1.807, 2.05) is 30.0 Å². The molecule has 1 amide bonds. The number of aryl methyl sites for hydroxylation is 1. The third-order valence-electron chi connectivity index (χ3n) is 5.49. The average molecular weight is 374 g/mol. The van der Waals surface area contributed by atoms with Crippen LogP contribution in [-0.2, 0) is 0 Å². The Morgan fingerprint density at radius 2 is 1.93 bits per heavy atom. The number of carbonyl (C=O) groups excluding carboxylic acids is 1. The molecule has 0 radical (unpaired) electrons. The topological polar surface area (TPSA) is 59.0 Å². The van der Waals surface area contributed by atoms with Crippen LogP contribution < -0.4 is 0 Å². The van der Waals surface area contributed by atoms with Crippen LogP contribution in [-0.4, -0.2) is 38.3 Å². The molecule has 1 fully saturated rings. The Labute approximate surface area is 165 Å². The first kappa shape index (κ1) is 18.5. The van der Waals surface area contributed by atoms with E-state index in [0.717, 1.165) is 52.9 Å². The summed E-state index contributed by atoms with van der Waals surface area (Å²) in [5, 5.41) is 0.910. The molecule has 3 heterocycles. The SMILES string of the molecule is Cc1ccc2nc(-c3cnc(C(C)C)nc3)cc(C(=O)N3CCCC3C)c2c1. The van der Waals surface area contributed by atoms with Crippen molar-refractivity contribution in [1.29, 1.82) is 0 Å². The number of hydrogen-bond acceptors (Lipinski definition) is 4. The van der Waals surface area contributed by atoms with Gasteiger partial charge in [0, 0.05) is 41.8 Å². The Morgan fingerprint density at radius 1 is 1.18 bits per heavy atom. The fourth-order valence-electron chi connectivity index (χ4n) is 3.82. The van der Waals surface area contributed by atoms with Gasteiger partial charge in [-0.15, -0.1) is 0 Å². The van der Waals surface area contributed by atoms with Gasteiger partial charge in [0.25, 0.3) is 5.91 Å². The van der Waals surface area contributed by atoms with E-state index in [1.165, 1.54) is 0 Å². The molecule has 0 bridgehead atoms. The van der Waals surface area contributed by atoms with Crippen LogP contribution in [0.1, 0.15) is 61.3 Å². The maximum absolute atomic E-state index is 13.4. The number of aromatic nitrogens is 3. The lowest BCUT2D eigenvalue weighted by Crippen LogP contribution is -2.33. The molecule has 4 rings (SSSR count). The molecule has 1 aliphatic heterocycles. The van der Waals surface area contributed by atoms with Gasteiger partial charge in [0.15, 0.2) is 0 Å². The van der Waals surface area contributed by atoms with Gasteiger partial charge in [-0.3, -0.25) is 4.79 Å². The Hall–Kier alpha value is -2.82. The van der Waals surface area contributed by atoms with E-state index in [9.17, 15) is 4.79 Å². The molecular weight excluding hydrogens is 348 g/mol. The molecule has 0 aliphatic carbocycles. The Balaban J connectivity index is 1.85. The number of benzene rings is 1. The van der Waals surface area contributed by atoms with Crippen LogP contribution in [0, 0.1) is 6.92 Å². The molecule has 5 nitrogen and oxygen atoms in total. The minimum Gasteiger partial charge on any atom is -0.336 e. The molecule has 28 heavy (non-hydrogen) atoms. The van der Waals surface area contributed by atoms with Crippen LogP contribution in [0.25, 0.3) is 22.2 Å². The van der Waals surface area contributed by atoms with Crippen molar-refractivity contribution in [2.45, 2.75) is 52.5 Å². The lowest BCUT2D eigenvalue weighted by Gasteiger charge is -2.22. The van der Waals surface area contributed by atoms with Crippen LogP contribution >= 0.6 is 0 Å². The van der Waals surface area contributed by atoms with Gasteiger partial charge in [0.2, 0.25) is 0 Å². The summed E-state index contributed by atoms with van der Waals surface area (Å²) in [6.07, 6.45) is 5.73. The zero-order valence-electron chi connectivity index (χ0n) is 16.9. The van der Waals surface area contributed by atoms with Gasteiger partial charge in [-0.1, -0.05) is 25.5 Å². The van der Waals surface area contributed by atoms with E-state index >= 15 is 0 Å². The van der Waals surface area contributed by atoms with Crippen molar-refractivity contribution in [2.24, 2.45) is 0 Å². The van der Waals surface area contributed by atoms with Crippen molar-refractivity contribution in [3.05, 3.63) is 53.6 Å². The minimum atomic E-state index is 0.0870. The van der Waals surface area contributed by atoms with Gasteiger partial charge < -0.3 is 4.90 Å². The lowest BCUT2D eigenvalue weighted by atomic mass is 10.0. The minimum absolute atomic E-state index is 0.0870. The van der Waals surface area contributed by atoms with Gasteiger partial charge in [0.05, 0.1) is 16.8 Å². The molecule has 1 atom stereocenters. The summed E-state index contributed by atoms with van der Waals surface area (Å²) in [4.78, 5) is 29.1. The van der Waals surface area contributed by atoms with Crippen molar-refractivity contribution in [3.63, 3.8) is 0 Å². The van der Waals surface area contributed by atoms with E-state index in [2.05, 4.69) is 36.8 Å². The fraction of sp³-hybridized carbons (Fsp3) is 0.391. The summed E-state index contributed by atoms with van der Waals surface area (Å²) in [5.74, 6) is 1.17. The largest absolute Gasteiger partial charge is 0.336 e. The molecule has 2 aromatic heterocycles. The molecule has 1 unspecified atom stereocenters. The second-order valence-corrected chi connectivity index (χ2v) is 8.05. The Kier molecular flexibility index (Phi) is 4.84. The summed E-state index contributed by atoms with van der Waals surface area (Å²) >= 11 is 0. The van der Waals surface area contributed by atoms with Gasteiger partial charge >= 0.3 is 0 Å². The number of likely N-dealkylation sites (tertiary alicyclic amines) is 1. The zero-order chi connectivity index (χ0) is 19.8. The van der Waals surface area contributed by atoms with Crippen LogP contribution in [0.4, 0.5) is 0 Å². The first-order valence-electron chi connectivity index (χ1n) is 9.98. The van der Waals surface area contributed by atoms with E-state index in [4.69, 9.17) is 4.98 Å². The fourth-order valence-corrected chi connectivity index (χ4v) is 3.82. The maximum Gasteiger partial charge on any atom is 0.254 e. The summed E-state index contributed by atoms with van der Waals surface area (Å²) in [6.45, 7) is 9.12. The molecular formula is C23H26N4O. The molecule has 1 aliphatic rings. The predicted molar refractivity (Wildman–Crippen MR) is 111 cm³/mol. The number of hydrogen-bond donors (Lipinski definition) is 0. The predicted octanol–water partition coefficient (Wildman–Crippen LogP) is 4.75. The van der Waals surface area contributed by atoms with E-state index in [1.54, 1.807) is 12.4 Å². The van der Waals surface area contributed by atoms with E-state index < -0.39 is 0 Å². The van der Waals surface area contributed by atoms with Crippen molar-refractivity contribution in [1.82, 2.24) is 19.9 Å². The van der Waals surface area contributed by atoms with Crippen LogP contribution in [0.5, 0.6) is 0 Å². The highest BCUT2D eigenvalue weighted by Crippen LogP contribution is 2.28. The van der Waals surface area contributed by atoms with Crippen LogP contribution in [0.15, 0.2) is 36.7 Å². The highest BCUT2D eigenvalue weighted by molar-refractivity contribution is 6.07. The number of rotatable bonds is 3. The van der Waals surface area contributed by atoms with Crippen molar-refractivity contribution >= 4 is 16.8 Å². The van der Waals surface area contributed by atoms with Crippen molar-refractivity contribution in [3.8, 4) is 11.3 Å². The maximum atomic E-state index is 13.4. The molecule has 1 aromatic carbocycles. The van der Waals surface area contributed by atoms with Crippen molar-refractivity contribution in [2.75, 3.05) is 6.54 Å². The summed E-state index contributed by atoms with van der Waals surface area (Å²) in [6, 6.07) is 8.25. The summed E-state index contributed by atoms with van der Waals surface area (Å²) in [7, 11) is 0. The molecule has 3 aromatic rings. The van der Waals surface area contributed by atoms with Gasteiger partial charge in [0.1, 0.15) is 5.82 Å². The quantitative estimate of drug-likeness (QED) is 0.664. The Bertz CT molecular complexity index is 1030. The molecule has 5 heteroatoms. The van der Waals surface area contributed by atoms with Gasteiger partial charge in [-0.25, -0.2) is 15.0 Å². The molecule has 0 N–H and O–H groups in total. The normalized spacial score (nSPS) is 16.9. The smallest absolute Gasteiger partial charge is 0.254 e. The van der Waals surface area contributed by atoms with Crippen molar-refractivity contribution < 1.29 is 4.79 Å². The number of carbonyl (C=O) groups is 1. The highest BCUT2D eigenvalue weighted by Gasteiger charge is 2.27. The summed E-state index contributed by atoms with van der Waals surface area (Å²) in [5.41, 5.74) is 4.23. The van der Waals surface area contributed by atoms with Crippen LogP contribution in [0.3, 0.4) is 0 Å². The van der Waals surface area contributed by atoms with E-state index in [-0.39, 0.29) is 17.9 Å². The number of fused-ring (bicyclic) bond motifs is 1. The molecule has 0 saturated carbocycles. The van der Waals surface area contributed by atoms with Crippen LogP contribution in [0.2, 0.25) is 0 Å². The first-order chi connectivity index (χ1) is 13.4. The number of nitrogens with zero attached hydrogens (tertiary/aromatic N) is 4. The first-order valence-corrected chi connectivity index (χ1v) is 9.98.